The summed E-state index contributed by atoms with van der Waals surface area (Å²) >= 11 is 0. The fourth-order valence-electron chi connectivity index (χ4n) is 1.17. The Morgan fingerprint density at radius 3 is 2.65 bits per heavy atom. The molecule has 0 aliphatic heterocycles. The fourth-order valence-corrected chi connectivity index (χ4v) is 1.17. The third-order valence-electron chi connectivity index (χ3n) is 1.92. The molecule has 0 atom stereocenters. The third-order valence-corrected chi connectivity index (χ3v) is 1.92. The Bertz CT molecular complexity index is 406. The molecule has 6 heteroatoms. The van der Waals surface area contributed by atoms with Gasteiger partial charge in [0.25, 0.3) is 0 Å². The average molecular weight is 238 g/mol. The Morgan fingerprint density at radius 2 is 2.00 bits per heavy atom. The van der Waals surface area contributed by atoms with E-state index in [-0.39, 0.29) is 18.8 Å². The predicted molar refractivity (Wildman–Crippen MR) is 60.1 cm³/mol. The van der Waals surface area contributed by atoms with Crippen LogP contribution in [-0.4, -0.2) is 23.7 Å². The van der Waals surface area contributed by atoms with Gasteiger partial charge in [-0.15, -0.1) is 0 Å². The minimum absolute atomic E-state index is 0.0287. The molecule has 17 heavy (non-hydrogen) atoms. The number of benzene rings is 1. The zero-order valence-electron chi connectivity index (χ0n) is 9.40. The molecular formula is C11H14N2O4. The van der Waals surface area contributed by atoms with E-state index in [1.165, 1.54) is 6.07 Å². The van der Waals surface area contributed by atoms with Gasteiger partial charge in [-0.25, -0.2) is 10.2 Å². The second-order valence-electron chi connectivity index (χ2n) is 3.20. The molecule has 6 nitrogen and oxygen atoms in total. The maximum atomic E-state index is 11.4. The second kappa shape index (κ2) is 6.37. The summed E-state index contributed by atoms with van der Waals surface area (Å²) in [5.74, 6) is -0.404. The number of rotatable bonds is 3. The normalized spacial score (nSPS) is 9.47. The van der Waals surface area contributed by atoms with Gasteiger partial charge in [-0.3, -0.25) is 10.2 Å². The number of carbonyl (C=O) groups excluding carboxylic acids is 2. The summed E-state index contributed by atoms with van der Waals surface area (Å²) in [5, 5.41) is 9.43. The molecule has 1 aromatic carbocycles. The van der Waals surface area contributed by atoms with Gasteiger partial charge >= 0.3 is 6.09 Å². The van der Waals surface area contributed by atoms with E-state index in [0.717, 1.165) is 0 Å². The highest BCUT2D eigenvalue weighted by Crippen LogP contribution is 2.15. The fraction of sp³-hybridized carbons (Fsp3) is 0.273. The molecular weight excluding hydrogens is 224 g/mol. The van der Waals surface area contributed by atoms with E-state index in [0.29, 0.717) is 5.56 Å². The highest BCUT2D eigenvalue weighted by molar-refractivity contribution is 5.81. The minimum Gasteiger partial charge on any atom is -0.508 e. The average Bonchev–Trinajstić information content (AvgIpc) is 2.30. The molecule has 0 bridgehead atoms. The van der Waals surface area contributed by atoms with E-state index in [4.69, 9.17) is 0 Å². The van der Waals surface area contributed by atoms with Crippen LogP contribution in [0.15, 0.2) is 24.3 Å². The third kappa shape index (κ3) is 4.42. The molecule has 0 aliphatic carbocycles. The lowest BCUT2D eigenvalue weighted by molar-refractivity contribution is -0.121. The molecule has 1 aromatic rings. The van der Waals surface area contributed by atoms with Crippen LogP contribution in [0.5, 0.6) is 5.75 Å². The van der Waals surface area contributed by atoms with E-state index in [1.807, 2.05) is 0 Å². The topological polar surface area (TPSA) is 87.7 Å². The van der Waals surface area contributed by atoms with Crippen molar-refractivity contribution >= 4 is 12.0 Å². The van der Waals surface area contributed by atoms with Crippen LogP contribution in [0.1, 0.15) is 12.5 Å². The van der Waals surface area contributed by atoms with Crippen molar-refractivity contribution in [2.45, 2.75) is 13.3 Å². The van der Waals surface area contributed by atoms with Gasteiger partial charge in [0.05, 0.1) is 13.0 Å². The summed E-state index contributed by atoms with van der Waals surface area (Å²) in [6.45, 7) is 1.88. The summed E-state index contributed by atoms with van der Waals surface area (Å²) < 4.78 is 4.55. The first-order valence-corrected chi connectivity index (χ1v) is 5.12. The first-order chi connectivity index (χ1) is 8.13. The van der Waals surface area contributed by atoms with E-state index < -0.39 is 12.0 Å². The Morgan fingerprint density at radius 1 is 1.29 bits per heavy atom. The lowest BCUT2D eigenvalue weighted by Gasteiger charge is -2.07. The second-order valence-corrected chi connectivity index (χ2v) is 3.20. The van der Waals surface area contributed by atoms with Crippen molar-refractivity contribution in [2.75, 3.05) is 6.61 Å². The summed E-state index contributed by atoms with van der Waals surface area (Å²) in [4.78, 5) is 22.3. The molecule has 1 rings (SSSR count). The number of aromatic hydroxyl groups is 1. The number of ether oxygens (including phenoxy) is 1. The van der Waals surface area contributed by atoms with Gasteiger partial charge in [0.15, 0.2) is 0 Å². The Labute approximate surface area is 98.6 Å². The molecule has 92 valence electrons. The summed E-state index contributed by atoms with van der Waals surface area (Å²) in [5.41, 5.74) is 4.73. The Balaban J connectivity index is 2.40. The van der Waals surface area contributed by atoms with E-state index >= 15 is 0 Å². The van der Waals surface area contributed by atoms with Gasteiger partial charge in [0.2, 0.25) is 5.91 Å². The van der Waals surface area contributed by atoms with Gasteiger partial charge in [-0.1, -0.05) is 18.2 Å². The number of para-hydroxylation sites is 1. The lowest BCUT2D eigenvalue weighted by atomic mass is 10.1. The highest BCUT2D eigenvalue weighted by atomic mass is 16.5. The monoisotopic (exact) mass is 238 g/mol. The number of hydrogen-bond acceptors (Lipinski definition) is 4. The molecule has 0 aliphatic rings. The summed E-state index contributed by atoms with van der Waals surface area (Å²) in [7, 11) is 0. The maximum Gasteiger partial charge on any atom is 0.426 e. The number of phenols is 1. The number of hydrogen-bond donors (Lipinski definition) is 3. The van der Waals surface area contributed by atoms with Crippen molar-refractivity contribution < 1.29 is 19.4 Å². The highest BCUT2D eigenvalue weighted by Gasteiger charge is 2.08. The summed E-state index contributed by atoms with van der Waals surface area (Å²) in [6, 6.07) is 6.48. The number of carbonyl (C=O) groups is 2. The van der Waals surface area contributed by atoms with Crippen LogP contribution in [0, 0.1) is 0 Å². The van der Waals surface area contributed by atoms with Crippen molar-refractivity contribution in [3.8, 4) is 5.75 Å². The number of hydrazine groups is 1. The van der Waals surface area contributed by atoms with Crippen LogP contribution in [0.3, 0.4) is 0 Å². The maximum absolute atomic E-state index is 11.4. The Kier molecular flexibility index (Phi) is 4.80. The van der Waals surface area contributed by atoms with Crippen LogP contribution in [0.25, 0.3) is 0 Å². The SMILES string of the molecule is CCOC(=O)NNC(=O)Cc1ccccc1O. The smallest absolute Gasteiger partial charge is 0.426 e. The van der Waals surface area contributed by atoms with Crippen molar-refractivity contribution in [1.82, 2.24) is 10.9 Å². The molecule has 3 N–H and O–H groups in total. The van der Waals surface area contributed by atoms with Gasteiger partial charge in [-0.2, -0.15) is 0 Å². The van der Waals surface area contributed by atoms with Gasteiger partial charge in [0, 0.05) is 5.56 Å². The van der Waals surface area contributed by atoms with Gasteiger partial charge in [-0.05, 0) is 13.0 Å². The number of phenolic OH excluding ortho intramolecular Hbond substituents is 1. The van der Waals surface area contributed by atoms with Crippen molar-refractivity contribution in [3.63, 3.8) is 0 Å². The molecule has 2 amide bonds. The van der Waals surface area contributed by atoms with E-state index in [1.54, 1.807) is 25.1 Å². The molecule has 0 saturated heterocycles. The minimum atomic E-state index is -0.724. The summed E-state index contributed by atoms with van der Waals surface area (Å²) in [6.07, 6.45) is -0.753. The van der Waals surface area contributed by atoms with Gasteiger partial charge in [0.1, 0.15) is 5.75 Å². The first kappa shape index (κ1) is 12.8. The molecule has 0 unspecified atom stereocenters. The first-order valence-electron chi connectivity index (χ1n) is 5.12. The molecule has 0 radical (unpaired) electrons. The van der Waals surface area contributed by atoms with E-state index in [9.17, 15) is 14.7 Å². The van der Waals surface area contributed by atoms with Crippen molar-refractivity contribution in [1.29, 1.82) is 0 Å². The zero-order valence-corrected chi connectivity index (χ0v) is 9.40. The number of amides is 2. The van der Waals surface area contributed by atoms with Crippen LogP contribution in [0.2, 0.25) is 0 Å². The lowest BCUT2D eigenvalue weighted by Crippen LogP contribution is -2.42. The predicted octanol–water partition coefficient (Wildman–Crippen LogP) is 0.712. The molecule has 0 fully saturated rings. The van der Waals surface area contributed by atoms with Crippen molar-refractivity contribution in [2.24, 2.45) is 0 Å². The largest absolute Gasteiger partial charge is 0.508 e. The van der Waals surface area contributed by atoms with Gasteiger partial charge < -0.3 is 9.84 Å². The number of nitrogens with one attached hydrogen (secondary N) is 2. The molecule has 0 heterocycles. The molecule has 0 aromatic heterocycles. The zero-order chi connectivity index (χ0) is 12.7. The van der Waals surface area contributed by atoms with E-state index in [2.05, 4.69) is 15.6 Å². The standard InChI is InChI=1S/C11H14N2O4/c1-2-17-11(16)13-12-10(15)7-8-5-3-4-6-9(8)14/h3-6,14H,2,7H2,1H3,(H,12,15)(H,13,16). The Hall–Kier alpha value is -2.24. The van der Waals surface area contributed by atoms with Crippen LogP contribution in [0.4, 0.5) is 4.79 Å². The van der Waals surface area contributed by atoms with Crippen LogP contribution < -0.4 is 10.9 Å². The molecule has 0 spiro atoms. The molecule has 0 saturated carbocycles. The van der Waals surface area contributed by atoms with Crippen LogP contribution in [-0.2, 0) is 16.0 Å². The quantitative estimate of drug-likeness (QED) is 0.677. The van der Waals surface area contributed by atoms with Crippen molar-refractivity contribution in [3.05, 3.63) is 29.8 Å². The van der Waals surface area contributed by atoms with Crippen LogP contribution >= 0.6 is 0 Å².